The zero-order valence-electron chi connectivity index (χ0n) is 20.3. The molecule has 3 rings (SSSR count). The van der Waals surface area contributed by atoms with Gasteiger partial charge >= 0.3 is 0 Å². The summed E-state index contributed by atoms with van der Waals surface area (Å²) in [7, 11) is 0. The maximum Gasteiger partial charge on any atom is 0.242 e. The number of likely N-dealkylation sites (tertiary alicyclic amines) is 1. The molecule has 1 saturated heterocycles. The third kappa shape index (κ3) is 6.44. The molecule has 1 fully saturated rings. The van der Waals surface area contributed by atoms with E-state index in [2.05, 4.69) is 5.32 Å². The van der Waals surface area contributed by atoms with E-state index in [1.165, 1.54) is 9.80 Å². The van der Waals surface area contributed by atoms with Crippen LogP contribution in [0.5, 0.6) is 0 Å². The van der Waals surface area contributed by atoms with Gasteiger partial charge in [0.1, 0.15) is 6.04 Å². The standard InChI is InChI=1S/C26H33Cl2N3O4/c1-3-5-13-29-24(33)22(4-2)31(16-17-10-11-20(27)21(28)15-17)23(32)12-14-30-25(34)18-8-6-7-9-19(18)26(30)35/h6-7,10-11,15,18-19,22H,3-5,8-9,12-14,16H2,1-2H3,(H,29,33)/t18-,19+,22?. The summed E-state index contributed by atoms with van der Waals surface area (Å²) < 4.78 is 0. The lowest BCUT2D eigenvalue weighted by Crippen LogP contribution is -2.49. The first-order valence-electron chi connectivity index (χ1n) is 12.3. The van der Waals surface area contributed by atoms with Gasteiger partial charge in [0.25, 0.3) is 0 Å². The van der Waals surface area contributed by atoms with Crippen LogP contribution in [-0.2, 0) is 25.7 Å². The number of allylic oxidation sites excluding steroid dienone is 2. The van der Waals surface area contributed by atoms with Crippen molar-refractivity contribution < 1.29 is 19.2 Å². The summed E-state index contributed by atoms with van der Waals surface area (Å²) in [5, 5.41) is 3.68. The van der Waals surface area contributed by atoms with Gasteiger partial charge < -0.3 is 10.2 Å². The van der Waals surface area contributed by atoms with E-state index in [-0.39, 0.29) is 55.0 Å². The number of rotatable bonds is 11. The Balaban J connectivity index is 1.75. The highest BCUT2D eigenvalue weighted by molar-refractivity contribution is 6.42. The number of imide groups is 1. The molecule has 7 nitrogen and oxygen atoms in total. The third-order valence-corrected chi connectivity index (χ3v) is 7.44. The quantitative estimate of drug-likeness (QED) is 0.266. The summed E-state index contributed by atoms with van der Waals surface area (Å²) >= 11 is 12.2. The molecule has 0 aromatic heterocycles. The van der Waals surface area contributed by atoms with Crippen molar-refractivity contribution in [3.63, 3.8) is 0 Å². The first-order chi connectivity index (χ1) is 16.8. The lowest BCUT2D eigenvalue weighted by atomic mass is 9.85. The Morgan fingerprint density at radius 3 is 2.31 bits per heavy atom. The van der Waals surface area contributed by atoms with Gasteiger partial charge in [0.05, 0.1) is 21.9 Å². The highest BCUT2D eigenvalue weighted by atomic mass is 35.5. The number of unbranched alkanes of at least 4 members (excludes halogenated alkanes) is 1. The topological polar surface area (TPSA) is 86.8 Å². The second-order valence-corrected chi connectivity index (χ2v) is 9.89. The Kier molecular flexibility index (Phi) is 9.75. The summed E-state index contributed by atoms with van der Waals surface area (Å²) in [6.07, 6.45) is 7.13. The Morgan fingerprint density at radius 1 is 1.09 bits per heavy atom. The Bertz CT molecular complexity index is 971. The van der Waals surface area contributed by atoms with Crippen LogP contribution >= 0.6 is 23.2 Å². The normalized spacial score (nSPS) is 20.1. The average Bonchev–Trinajstić information content (AvgIpc) is 3.09. The largest absolute Gasteiger partial charge is 0.354 e. The number of hydrogen-bond acceptors (Lipinski definition) is 4. The molecule has 3 atom stereocenters. The van der Waals surface area contributed by atoms with E-state index in [1.807, 2.05) is 26.0 Å². The first kappa shape index (κ1) is 27.2. The molecule has 1 aliphatic carbocycles. The molecule has 0 bridgehead atoms. The van der Waals surface area contributed by atoms with Crippen LogP contribution in [0, 0.1) is 11.8 Å². The second kappa shape index (κ2) is 12.5. The number of benzene rings is 1. The van der Waals surface area contributed by atoms with Gasteiger partial charge in [-0.05, 0) is 43.4 Å². The van der Waals surface area contributed by atoms with Crippen molar-refractivity contribution in [3.05, 3.63) is 46.0 Å². The molecule has 1 N–H and O–H groups in total. The average molecular weight is 522 g/mol. The lowest BCUT2D eigenvalue weighted by Gasteiger charge is -2.31. The molecule has 35 heavy (non-hydrogen) atoms. The molecule has 1 aliphatic heterocycles. The highest BCUT2D eigenvalue weighted by Gasteiger charge is 2.47. The van der Waals surface area contributed by atoms with Crippen molar-refractivity contribution in [2.24, 2.45) is 11.8 Å². The fourth-order valence-electron chi connectivity index (χ4n) is 4.70. The Hall–Kier alpha value is -2.38. The van der Waals surface area contributed by atoms with Crippen molar-refractivity contribution in [3.8, 4) is 0 Å². The van der Waals surface area contributed by atoms with Crippen LogP contribution in [0.25, 0.3) is 0 Å². The van der Waals surface area contributed by atoms with Crippen molar-refractivity contribution >= 4 is 46.8 Å². The number of carbonyl (C=O) groups excluding carboxylic acids is 4. The highest BCUT2D eigenvalue weighted by Crippen LogP contribution is 2.35. The molecule has 0 radical (unpaired) electrons. The lowest BCUT2D eigenvalue weighted by molar-refractivity contribution is -0.144. The predicted molar refractivity (Wildman–Crippen MR) is 136 cm³/mol. The predicted octanol–water partition coefficient (Wildman–Crippen LogP) is 4.36. The molecule has 2 aliphatic rings. The zero-order valence-corrected chi connectivity index (χ0v) is 21.8. The molecule has 190 valence electrons. The molecule has 0 spiro atoms. The summed E-state index contributed by atoms with van der Waals surface area (Å²) in [6, 6.07) is 4.41. The number of fused-ring (bicyclic) bond motifs is 1. The fourth-order valence-corrected chi connectivity index (χ4v) is 5.02. The van der Waals surface area contributed by atoms with Gasteiger partial charge in [-0.2, -0.15) is 0 Å². The van der Waals surface area contributed by atoms with Crippen LogP contribution in [0.2, 0.25) is 10.0 Å². The van der Waals surface area contributed by atoms with Crippen LogP contribution in [0.15, 0.2) is 30.4 Å². The SMILES string of the molecule is CCCCNC(=O)C(CC)N(Cc1ccc(Cl)c(Cl)c1)C(=O)CCN1C(=O)[C@H]2CC=CC[C@H]2C1=O. The number of nitrogens with one attached hydrogen (secondary N) is 1. The summed E-state index contributed by atoms with van der Waals surface area (Å²) in [6.45, 7) is 4.59. The third-order valence-electron chi connectivity index (χ3n) is 6.70. The minimum atomic E-state index is -0.689. The number of hydrogen-bond donors (Lipinski definition) is 1. The van der Waals surface area contributed by atoms with E-state index >= 15 is 0 Å². The molecule has 9 heteroatoms. The first-order valence-corrected chi connectivity index (χ1v) is 13.0. The fraction of sp³-hybridized carbons (Fsp3) is 0.538. The van der Waals surface area contributed by atoms with Gasteiger partial charge in [-0.15, -0.1) is 0 Å². The van der Waals surface area contributed by atoms with Crippen LogP contribution in [0.3, 0.4) is 0 Å². The maximum absolute atomic E-state index is 13.4. The number of carbonyl (C=O) groups is 4. The summed E-state index contributed by atoms with van der Waals surface area (Å²) in [4.78, 5) is 54.7. The molecular weight excluding hydrogens is 489 g/mol. The van der Waals surface area contributed by atoms with Crippen LogP contribution in [0.4, 0.5) is 0 Å². The van der Waals surface area contributed by atoms with Gasteiger partial charge in [-0.25, -0.2) is 0 Å². The molecule has 1 unspecified atom stereocenters. The van der Waals surface area contributed by atoms with Crippen molar-refractivity contribution in [1.82, 2.24) is 15.1 Å². The molecule has 1 heterocycles. The van der Waals surface area contributed by atoms with Crippen molar-refractivity contribution in [2.45, 2.75) is 65.0 Å². The van der Waals surface area contributed by atoms with E-state index in [4.69, 9.17) is 23.2 Å². The molecule has 1 aromatic rings. The van der Waals surface area contributed by atoms with Crippen molar-refractivity contribution in [1.29, 1.82) is 0 Å². The minimum absolute atomic E-state index is 0.00919. The van der Waals surface area contributed by atoms with Gasteiger partial charge in [-0.3, -0.25) is 24.1 Å². The van der Waals surface area contributed by atoms with E-state index < -0.39 is 6.04 Å². The smallest absolute Gasteiger partial charge is 0.242 e. The monoisotopic (exact) mass is 521 g/mol. The summed E-state index contributed by atoms with van der Waals surface area (Å²) in [5.41, 5.74) is 0.734. The number of nitrogens with zero attached hydrogens (tertiary/aromatic N) is 2. The molecular formula is C26H33Cl2N3O4. The van der Waals surface area contributed by atoms with Crippen LogP contribution in [0.1, 0.15) is 57.9 Å². The Labute approximate surface area is 216 Å². The van der Waals surface area contributed by atoms with E-state index in [0.29, 0.717) is 35.9 Å². The van der Waals surface area contributed by atoms with Gasteiger partial charge in [-0.1, -0.05) is 61.7 Å². The number of halogens is 2. The second-order valence-electron chi connectivity index (χ2n) is 9.07. The summed E-state index contributed by atoms with van der Waals surface area (Å²) in [5.74, 6) is -1.61. The van der Waals surface area contributed by atoms with Gasteiger partial charge in [0.2, 0.25) is 23.6 Å². The minimum Gasteiger partial charge on any atom is -0.354 e. The Morgan fingerprint density at radius 2 is 1.74 bits per heavy atom. The van der Waals surface area contributed by atoms with Crippen LogP contribution in [-0.4, -0.2) is 52.6 Å². The molecule has 0 saturated carbocycles. The van der Waals surface area contributed by atoms with Gasteiger partial charge in [0.15, 0.2) is 0 Å². The van der Waals surface area contributed by atoms with E-state index in [9.17, 15) is 19.2 Å². The van der Waals surface area contributed by atoms with E-state index in [1.54, 1.807) is 18.2 Å². The van der Waals surface area contributed by atoms with Crippen molar-refractivity contribution in [2.75, 3.05) is 13.1 Å². The zero-order chi connectivity index (χ0) is 25.5. The van der Waals surface area contributed by atoms with Gasteiger partial charge in [0, 0.05) is 26.1 Å². The maximum atomic E-state index is 13.4. The molecule has 4 amide bonds. The van der Waals surface area contributed by atoms with E-state index in [0.717, 1.165) is 18.4 Å². The molecule has 1 aromatic carbocycles. The number of amides is 4. The van der Waals surface area contributed by atoms with Crippen LogP contribution < -0.4 is 5.32 Å².